The normalized spacial score (nSPS) is 11.6. The van der Waals surface area contributed by atoms with E-state index in [-0.39, 0.29) is 0 Å². The summed E-state index contributed by atoms with van der Waals surface area (Å²) in [5.74, 6) is 0.602. The van der Waals surface area contributed by atoms with Crippen LogP contribution >= 0.6 is 23.2 Å². The summed E-state index contributed by atoms with van der Waals surface area (Å²) in [6.07, 6.45) is 3.45. The fourth-order valence-electron chi connectivity index (χ4n) is 3.22. The van der Waals surface area contributed by atoms with Gasteiger partial charge in [0.05, 0.1) is 22.3 Å². The molecule has 138 valence electrons. The van der Waals surface area contributed by atoms with Crippen LogP contribution in [-0.2, 0) is 0 Å². The van der Waals surface area contributed by atoms with E-state index in [2.05, 4.69) is 46.3 Å². The summed E-state index contributed by atoms with van der Waals surface area (Å²) >= 11 is 12.4. The fraction of sp³-hybridized carbons (Fsp3) is 0.100. The van der Waals surface area contributed by atoms with E-state index in [1.54, 1.807) is 24.7 Å². The van der Waals surface area contributed by atoms with Gasteiger partial charge in [-0.3, -0.25) is 4.40 Å². The molecular weight excluding hydrogens is 395 g/mol. The van der Waals surface area contributed by atoms with Crippen molar-refractivity contribution in [3.05, 3.63) is 70.1 Å². The Morgan fingerprint density at radius 3 is 2.54 bits per heavy atom. The van der Waals surface area contributed by atoms with E-state index >= 15 is 0 Å². The number of nitrogens with zero attached hydrogens (tertiary/aromatic N) is 6. The van der Waals surface area contributed by atoms with Gasteiger partial charge in [0.25, 0.3) is 0 Å². The quantitative estimate of drug-likeness (QED) is 0.409. The minimum atomic E-state index is 0.507. The van der Waals surface area contributed by atoms with E-state index in [9.17, 15) is 0 Å². The summed E-state index contributed by atoms with van der Waals surface area (Å²) in [7, 11) is 0. The van der Waals surface area contributed by atoms with Gasteiger partial charge in [0.15, 0.2) is 17.1 Å². The zero-order valence-electron chi connectivity index (χ0n) is 15.1. The summed E-state index contributed by atoms with van der Waals surface area (Å²) in [6.45, 7) is 4.17. The molecule has 0 amide bonds. The van der Waals surface area contributed by atoms with Gasteiger partial charge >= 0.3 is 0 Å². The van der Waals surface area contributed by atoms with Crippen LogP contribution in [0.2, 0.25) is 10.0 Å². The first-order valence-corrected chi connectivity index (χ1v) is 9.39. The number of fused-ring (bicyclic) bond motifs is 3. The van der Waals surface area contributed by atoms with Crippen LogP contribution in [0.25, 0.3) is 33.8 Å². The van der Waals surface area contributed by atoms with Crippen LogP contribution in [0.4, 0.5) is 0 Å². The Morgan fingerprint density at radius 1 is 0.893 bits per heavy atom. The minimum Gasteiger partial charge on any atom is -0.264 e. The Kier molecular flexibility index (Phi) is 3.86. The third kappa shape index (κ3) is 2.57. The van der Waals surface area contributed by atoms with Crippen molar-refractivity contribution in [1.82, 2.24) is 29.4 Å². The number of halogens is 2. The second-order valence-corrected chi connectivity index (χ2v) is 7.49. The average Bonchev–Trinajstić information content (AvgIpc) is 3.28. The molecule has 0 saturated carbocycles. The summed E-state index contributed by atoms with van der Waals surface area (Å²) in [5.41, 5.74) is 5.51. The molecule has 28 heavy (non-hydrogen) atoms. The van der Waals surface area contributed by atoms with Crippen molar-refractivity contribution >= 4 is 39.9 Å². The van der Waals surface area contributed by atoms with Crippen LogP contribution in [0.5, 0.6) is 0 Å². The molecule has 2 aromatic carbocycles. The highest BCUT2D eigenvalue weighted by Gasteiger charge is 2.17. The largest absolute Gasteiger partial charge is 0.264 e. The molecule has 0 atom stereocenters. The smallest absolute Gasteiger partial charge is 0.175 e. The Morgan fingerprint density at radius 2 is 1.75 bits per heavy atom. The highest BCUT2D eigenvalue weighted by atomic mass is 35.5. The van der Waals surface area contributed by atoms with E-state index in [0.717, 1.165) is 22.3 Å². The predicted octanol–water partition coefficient (Wildman–Crippen LogP) is 5.05. The molecule has 0 N–H and O–H groups in total. The van der Waals surface area contributed by atoms with Crippen molar-refractivity contribution in [3.8, 4) is 17.1 Å². The lowest BCUT2D eigenvalue weighted by molar-refractivity contribution is 0.891. The second kappa shape index (κ2) is 6.29. The Hall–Kier alpha value is -2.96. The van der Waals surface area contributed by atoms with Crippen LogP contribution in [0.15, 0.2) is 48.9 Å². The standard InChI is InChI=1S/C20H14Cl2N6/c1-11-3-5-14(7-12(11)2)28-18-16(9-24-28)20-26-25-19(27(20)10-23-18)15-6-4-13(21)8-17(15)22/h3-10H,1-2H3. The highest BCUT2D eigenvalue weighted by Crippen LogP contribution is 2.30. The van der Waals surface area contributed by atoms with Crippen molar-refractivity contribution in [2.24, 2.45) is 0 Å². The van der Waals surface area contributed by atoms with Crippen molar-refractivity contribution in [2.75, 3.05) is 0 Å². The summed E-state index contributed by atoms with van der Waals surface area (Å²) < 4.78 is 3.62. The van der Waals surface area contributed by atoms with Gasteiger partial charge in [-0.2, -0.15) is 5.10 Å². The first kappa shape index (κ1) is 17.2. The zero-order chi connectivity index (χ0) is 19.4. The number of hydrogen-bond acceptors (Lipinski definition) is 4. The molecule has 0 spiro atoms. The minimum absolute atomic E-state index is 0.507. The number of rotatable bonds is 2. The molecule has 0 aliphatic heterocycles. The summed E-state index contributed by atoms with van der Waals surface area (Å²) in [5, 5.41) is 15.1. The van der Waals surface area contributed by atoms with Gasteiger partial charge in [-0.15, -0.1) is 10.2 Å². The lowest BCUT2D eigenvalue weighted by atomic mass is 10.1. The Balaban J connectivity index is 1.71. The van der Waals surface area contributed by atoms with Gasteiger partial charge in [-0.1, -0.05) is 29.3 Å². The topological polar surface area (TPSA) is 60.9 Å². The second-order valence-electron chi connectivity index (χ2n) is 6.65. The van der Waals surface area contributed by atoms with E-state index in [4.69, 9.17) is 23.2 Å². The lowest BCUT2D eigenvalue weighted by Gasteiger charge is -2.07. The van der Waals surface area contributed by atoms with Crippen LogP contribution in [0.3, 0.4) is 0 Å². The molecule has 0 fully saturated rings. The molecule has 0 bridgehead atoms. The van der Waals surface area contributed by atoms with Crippen molar-refractivity contribution in [2.45, 2.75) is 13.8 Å². The molecule has 0 unspecified atom stereocenters. The molecular formula is C20H14Cl2N6. The van der Waals surface area contributed by atoms with Gasteiger partial charge < -0.3 is 0 Å². The Labute approximate surface area is 170 Å². The molecule has 8 heteroatoms. The molecule has 5 rings (SSSR count). The zero-order valence-corrected chi connectivity index (χ0v) is 16.6. The van der Waals surface area contributed by atoms with Crippen molar-refractivity contribution < 1.29 is 0 Å². The van der Waals surface area contributed by atoms with Gasteiger partial charge in [-0.05, 0) is 55.3 Å². The molecule has 5 aromatic rings. The highest BCUT2D eigenvalue weighted by molar-refractivity contribution is 6.36. The number of aromatic nitrogens is 6. The summed E-state index contributed by atoms with van der Waals surface area (Å²) in [4.78, 5) is 4.62. The van der Waals surface area contributed by atoms with E-state index < -0.39 is 0 Å². The molecule has 3 aromatic heterocycles. The third-order valence-corrected chi connectivity index (χ3v) is 5.43. The molecule has 0 aliphatic rings. The summed E-state index contributed by atoms with van der Waals surface area (Å²) in [6, 6.07) is 11.5. The number of hydrogen-bond donors (Lipinski definition) is 0. The van der Waals surface area contributed by atoms with E-state index in [0.29, 0.717) is 21.5 Å². The molecule has 0 radical (unpaired) electrons. The van der Waals surface area contributed by atoms with Gasteiger partial charge in [0.1, 0.15) is 6.33 Å². The SMILES string of the molecule is Cc1ccc(-n2ncc3c2ncn2c(-c4ccc(Cl)cc4Cl)nnc32)cc1C. The van der Waals surface area contributed by atoms with Crippen LogP contribution < -0.4 is 0 Å². The fourth-order valence-corrected chi connectivity index (χ4v) is 3.71. The maximum atomic E-state index is 6.35. The maximum absolute atomic E-state index is 6.35. The Bertz CT molecular complexity index is 1370. The average molecular weight is 409 g/mol. The third-order valence-electron chi connectivity index (χ3n) is 4.88. The first-order valence-electron chi connectivity index (χ1n) is 8.63. The lowest BCUT2D eigenvalue weighted by Crippen LogP contribution is -2.00. The molecule has 0 saturated heterocycles. The van der Waals surface area contributed by atoms with E-state index in [1.165, 1.54) is 11.1 Å². The maximum Gasteiger partial charge on any atom is 0.175 e. The number of aryl methyl sites for hydroxylation is 2. The van der Waals surface area contributed by atoms with E-state index in [1.807, 2.05) is 21.2 Å². The molecule has 6 nitrogen and oxygen atoms in total. The van der Waals surface area contributed by atoms with Crippen LogP contribution in [-0.4, -0.2) is 29.4 Å². The van der Waals surface area contributed by atoms with Crippen molar-refractivity contribution in [3.63, 3.8) is 0 Å². The van der Waals surface area contributed by atoms with Crippen molar-refractivity contribution in [1.29, 1.82) is 0 Å². The van der Waals surface area contributed by atoms with Gasteiger partial charge in [0.2, 0.25) is 0 Å². The molecule has 0 aliphatic carbocycles. The van der Waals surface area contributed by atoms with Crippen LogP contribution in [0.1, 0.15) is 11.1 Å². The van der Waals surface area contributed by atoms with Gasteiger partial charge in [-0.25, -0.2) is 9.67 Å². The first-order chi connectivity index (χ1) is 13.5. The predicted molar refractivity (Wildman–Crippen MR) is 110 cm³/mol. The monoisotopic (exact) mass is 408 g/mol. The van der Waals surface area contributed by atoms with Crippen LogP contribution in [0, 0.1) is 13.8 Å². The van der Waals surface area contributed by atoms with Gasteiger partial charge in [0, 0.05) is 10.6 Å². The molecule has 3 heterocycles. The number of benzene rings is 2.